The Kier molecular flexibility index (Phi) is 1.93. The molecule has 0 bridgehead atoms. The Labute approximate surface area is 91.0 Å². The number of benzene rings is 1. The van der Waals surface area contributed by atoms with E-state index in [9.17, 15) is 4.39 Å². The van der Waals surface area contributed by atoms with Gasteiger partial charge in [0, 0.05) is 23.3 Å². The number of hydrogen-bond acceptors (Lipinski definition) is 2. The molecular weight excluding hydrogens is 205 g/mol. The summed E-state index contributed by atoms with van der Waals surface area (Å²) in [6.07, 6.45) is 5.09. The number of aromatic nitrogens is 3. The summed E-state index contributed by atoms with van der Waals surface area (Å²) >= 11 is 0. The van der Waals surface area contributed by atoms with Crippen LogP contribution >= 0.6 is 0 Å². The number of rotatable bonds is 1. The maximum atomic E-state index is 12.8. The molecule has 4 heteroatoms. The Hall–Kier alpha value is -2.23. The molecule has 3 nitrogen and oxygen atoms in total. The fourth-order valence-corrected chi connectivity index (χ4v) is 1.73. The molecule has 0 saturated heterocycles. The number of fused-ring (bicyclic) bond motifs is 1. The van der Waals surface area contributed by atoms with E-state index < -0.39 is 0 Å². The van der Waals surface area contributed by atoms with Gasteiger partial charge in [0.1, 0.15) is 17.8 Å². The average Bonchev–Trinajstić information content (AvgIpc) is 2.74. The van der Waals surface area contributed by atoms with Gasteiger partial charge in [0.05, 0.1) is 0 Å². The van der Waals surface area contributed by atoms with E-state index in [1.807, 2.05) is 6.20 Å². The molecule has 0 atom stereocenters. The minimum absolute atomic E-state index is 0.236. The number of halogens is 1. The third kappa shape index (κ3) is 1.35. The minimum atomic E-state index is -0.236. The molecule has 0 radical (unpaired) electrons. The van der Waals surface area contributed by atoms with Gasteiger partial charge in [-0.1, -0.05) is 12.1 Å². The lowest BCUT2D eigenvalue weighted by Gasteiger charge is -1.98. The SMILES string of the molecule is Fc1ccc(-c2c[nH]c3ncncc23)cc1. The van der Waals surface area contributed by atoms with Gasteiger partial charge >= 0.3 is 0 Å². The lowest BCUT2D eigenvalue weighted by atomic mass is 10.1. The molecule has 16 heavy (non-hydrogen) atoms. The molecule has 2 aromatic heterocycles. The van der Waals surface area contributed by atoms with Gasteiger partial charge < -0.3 is 4.98 Å². The number of aromatic amines is 1. The molecule has 3 aromatic rings. The predicted molar refractivity (Wildman–Crippen MR) is 59.3 cm³/mol. The molecule has 0 fully saturated rings. The summed E-state index contributed by atoms with van der Waals surface area (Å²) in [6.45, 7) is 0. The molecule has 0 unspecified atom stereocenters. The van der Waals surface area contributed by atoms with Crippen LogP contribution in [0.2, 0.25) is 0 Å². The van der Waals surface area contributed by atoms with Gasteiger partial charge in [-0.25, -0.2) is 14.4 Å². The molecule has 0 saturated carbocycles. The number of hydrogen-bond donors (Lipinski definition) is 1. The van der Waals surface area contributed by atoms with Crippen molar-refractivity contribution >= 4 is 11.0 Å². The highest BCUT2D eigenvalue weighted by atomic mass is 19.1. The van der Waals surface area contributed by atoms with E-state index in [0.29, 0.717) is 0 Å². The van der Waals surface area contributed by atoms with Crippen molar-refractivity contribution in [3.63, 3.8) is 0 Å². The molecule has 1 N–H and O–H groups in total. The Bertz CT molecular complexity index is 628. The molecule has 2 heterocycles. The Morgan fingerprint density at radius 3 is 2.75 bits per heavy atom. The zero-order chi connectivity index (χ0) is 11.0. The van der Waals surface area contributed by atoms with Crippen molar-refractivity contribution in [2.24, 2.45) is 0 Å². The van der Waals surface area contributed by atoms with Gasteiger partial charge in [-0.15, -0.1) is 0 Å². The van der Waals surface area contributed by atoms with Gasteiger partial charge in [-0.05, 0) is 17.7 Å². The van der Waals surface area contributed by atoms with Crippen LogP contribution in [0.4, 0.5) is 4.39 Å². The fourth-order valence-electron chi connectivity index (χ4n) is 1.73. The normalized spacial score (nSPS) is 10.8. The Morgan fingerprint density at radius 2 is 1.94 bits per heavy atom. The first-order valence-corrected chi connectivity index (χ1v) is 4.87. The third-order valence-electron chi connectivity index (χ3n) is 2.51. The maximum absolute atomic E-state index is 12.8. The number of nitrogens with one attached hydrogen (secondary N) is 1. The lowest BCUT2D eigenvalue weighted by molar-refractivity contribution is 0.628. The van der Waals surface area contributed by atoms with E-state index in [1.165, 1.54) is 18.5 Å². The molecule has 1 aromatic carbocycles. The van der Waals surface area contributed by atoms with Crippen molar-refractivity contribution in [1.29, 1.82) is 0 Å². The zero-order valence-electron chi connectivity index (χ0n) is 8.31. The van der Waals surface area contributed by atoms with Gasteiger partial charge in [0.15, 0.2) is 0 Å². The van der Waals surface area contributed by atoms with Gasteiger partial charge in [0.2, 0.25) is 0 Å². The minimum Gasteiger partial charge on any atom is -0.345 e. The van der Waals surface area contributed by atoms with E-state index in [2.05, 4.69) is 15.0 Å². The summed E-state index contributed by atoms with van der Waals surface area (Å²) in [7, 11) is 0. The molecule has 0 aliphatic rings. The second kappa shape index (κ2) is 3.41. The topological polar surface area (TPSA) is 41.6 Å². The van der Waals surface area contributed by atoms with Crippen molar-refractivity contribution in [2.45, 2.75) is 0 Å². The molecule has 0 spiro atoms. The van der Waals surface area contributed by atoms with E-state index in [0.717, 1.165) is 22.2 Å². The van der Waals surface area contributed by atoms with Crippen LogP contribution in [0.1, 0.15) is 0 Å². The highest BCUT2D eigenvalue weighted by Crippen LogP contribution is 2.26. The summed E-state index contributed by atoms with van der Waals surface area (Å²) in [6, 6.07) is 6.37. The van der Waals surface area contributed by atoms with Crippen LogP contribution in [0.5, 0.6) is 0 Å². The predicted octanol–water partition coefficient (Wildman–Crippen LogP) is 2.76. The van der Waals surface area contributed by atoms with Crippen molar-refractivity contribution in [2.75, 3.05) is 0 Å². The van der Waals surface area contributed by atoms with Crippen LogP contribution in [0.25, 0.3) is 22.2 Å². The highest BCUT2D eigenvalue weighted by molar-refractivity contribution is 5.92. The summed E-state index contributed by atoms with van der Waals surface area (Å²) in [4.78, 5) is 11.1. The zero-order valence-corrected chi connectivity index (χ0v) is 8.31. The molecule has 3 rings (SSSR count). The quantitative estimate of drug-likeness (QED) is 0.675. The Morgan fingerprint density at radius 1 is 1.12 bits per heavy atom. The van der Waals surface area contributed by atoms with E-state index in [-0.39, 0.29) is 5.82 Å². The summed E-state index contributed by atoms with van der Waals surface area (Å²) in [5, 5.41) is 0.939. The van der Waals surface area contributed by atoms with Gasteiger partial charge in [-0.2, -0.15) is 0 Å². The van der Waals surface area contributed by atoms with Crippen LogP contribution in [0.3, 0.4) is 0 Å². The maximum Gasteiger partial charge on any atom is 0.141 e. The third-order valence-corrected chi connectivity index (χ3v) is 2.51. The number of H-pyrrole nitrogens is 1. The van der Waals surface area contributed by atoms with Crippen molar-refractivity contribution in [3.05, 3.63) is 48.8 Å². The van der Waals surface area contributed by atoms with Gasteiger partial charge in [0.25, 0.3) is 0 Å². The fraction of sp³-hybridized carbons (Fsp3) is 0. The van der Waals surface area contributed by atoms with Crippen molar-refractivity contribution in [3.8, 4) is 11.1 Å². The second-order valence-corrected chi connectivity index (χ2v) is 3.49. The first-order valence-electron chi connectivity index (χ1n) is 4.87. The first kappa shape index (κ1) is 9.03. The number of nitrogens with zero attached hydrogens (tertiary/aromatic N) is 2. The molecule has 0 aliphatic heterocycles. The van der Waals surface area contributed by atoms with Gasteiger partial charge in [-0.3, -0.25) is 0 Å². The Balaban J connectivity index is 2.22. The molecule has 78 valence electrons. The summed E-state index contributed by atoms with van der Waals surface area (Å²) < 4.78 is 12.8. The van der Waals surface area contributed by atoms with Crippen molar-refractivity contribution in [1.82, 2.24) is 15.0 Å². The van der Waals surface area contributed by atoms with Crippen LogP contribution < -0.4 is 0 Å². The highest BCUT2D eigenvalue weighted by Gasteiger charge is 2.06. The summed E-state index contributed by atoms with van der Waals surface area (Å²) in [5.41, 5.74) is 2.72. The second-order valence-electron chi connectivity index (χ2n) is 3.49. The van der Waals surface area contributed by atoms with Crippen molar-refractivity contribution < 1.29 is 4.39 Å². The van der Waals surface area contributed by atoms with Crippen LogP contribution in [-0.4, -0.2) is 15.0 Å². The summed E-state index contributed by atoms with van der Waals surface area (Å²) in [5.74, 6) is -0.236. The molecular formula is C12H8FN3. The van der Waals surface area contributed by atoms with Crippen LogP contribution in [-0.2, 0) is 0 Å². The first-order chi connectivity index (χ1) is 7.84. The van der Waals surface area contributed by atoms with Crippen LogP contribution in [0, 0.1) is 5.82 Å². The standard InChI is InChI=1S/C12H8FN3/c13-9-3-1-8(2-4-9)10-6-15-12-11(10)5-14-7-16-12/h1-7H,(H,14,15,16). The van der Waals surface area contributed by atoms with Crippen LogP contribution in [0.15, 0.2) is 43.0 Å². The smallest absolute Gasteiger partial charge is 0.141 e. The largest absolute Gasteiger partial charge is 0.345 e. The molecule has 0 amide bonds. The monoisotopic (exact) mass is 213 g/mol. The van der Waals surface area contributed by atoms with E-state index in [1.54, 1.807) is 18.3 Å². The molecule has 0 aliphatic carbocycles. The lowest BCUT2D eigenvalue weighted by Crippen LogP contribution is -1.79. The van der Waals surface area contributed by atoms with E-state index in [4.69, 9.17) is 0 Å². The average molecular weight is 213 g/mol. The van der Waals surface area contributed by atoms with E-state index >= 15 is 0 Å².